The molecule has 0 saturated carbocycles. The summed E-state index contributed by atoms with van der Waals surface area (Å²) in [5.74, 6) is 1.16. The van der Waals surface area contributed by atoms with E-state index in [0.29, 0.717) is 22.1 Å². The number of methoxy groups -OCH3 is 1. The SMILES string of the molecule is CCn1ccc(C(C)NC(=O)c2ccc(OC)c(COc3ccc(Cl)cc3)c2)n1. The lowest BCUT2D eigenvalue weighted by molar-refractivity contribution is 0.0938. The van der Waals surface area contributed by atoms with Crippen LogP contribution in [0, 0.1) is 0 Å². The van der Waals surface area contributed by atoms with E-state index in [9.17, 15) is 4.79 Å². The molecule has 0 saturated heterocycles. The summed E-state index contributed by atoms with van der Waals surface area (Å²) in [7, 11) is 1.59. The summed E-state index contributed by atoms with van der Waals surface area (Å²) in [5, 5.41) is 8.07. The molecule has 0 aliphatic carbocycles. The Balaban J connectivity index is 1.70. The molecular weight excluding hydrogens is 390 g/mol. The number of nitrogens with one attached hydrogen (secondary N) is 1. The van der Waals surface area contributed by atoms with Gasteiger partial charge in [-0.3, -0.25) is 9.48 Å². The van der Waals surface area contributed by atoms with E-state index < -0.39 is 0 Å². The van der Waals surface area contributed by atoms with Gasteiger partial charge in [0.05, 0.1) is 18.8 Å². The zero-order chi connectivity index (χ0) is 20.8. The molecule has 1 aromatic heterocycles. The van der Waals surface area contributed by atoms with Crippen LogP contribution in [0.2, 0.25) is 5.02 Å². The Morgan fingerprint density at radius 3 is 2.62 bits per heavy atom. The molecule has 7 heteroatoms. The summed E-state index contributed by atoms with van der Waals surface area (Å²) in [6.07, 6.45) is 1.90. The second-order valence-corrected chi connectivity index (χ2v) is 7.00. The Bertz CT molecular complexity index is 970. The normalized spacial score (nSPS) is 11.7. The summed E-state index contributed by atoms with van der Waals surface area (Å²) in [4.78, 5) is 12.7. The van der Waals surface area contributed by atoms with Crippen molar-refractivity contribution in [2.45, 2.75) is 33.0 Å². The van der Waals surface area contributed by atoms with Gasteiger partial charge in [-0.1, -0.05) is 11.6 Å². The molecule has 3 aromatic rings. The van der Waals surface area contributed by atoms with Crippen LogP contribution < -0.4 is 14.8 Å². The van der Waals surface area contributed by atoms with E-state index in [-0.39, 0.29) is 18.6 Å². The summed E-state index contributed by atoms with van der Waals surface area (Å²) in [5.41, 5.74) is 2.13. The van der Waals surface area contributed by atoms with Crippen LogP contribution in [-0.4, -0.2) is 22.8 Å². The van der Waals surface area contributed by atoms with Gasteiger partial charge in [-0.2, -0.15) is 5.10 Å². The van der Waals surface area contributed by atoms with E-state index in [0.717, 1.165) is 17.8 Å². The van der Waals surface area contributed by atoms with E-state index in [2.05, 4.69) is 10.4 Å². The molecule has 1 unspecified atom stereocenters. The molecule has 0 spiro atoms. The lowest BCUT2D eigenvalue weighted by Gasteiger charge is -2.14. The third-order valence-corrected chi connectivity index (χ3v) is 4.78. The molecule has 0 radical (unpaired) electrons. The first-order valence-corrected chi connectivity index (χ1v) is 9.77. The zero-order valence-corrected chi connectivity index (χ0v) is 17.4. The van der Waals surface area contributed by atoms with Gasteiger partial charge in [0.15, 0.2) is 0 Å². The molecule has 1 atom stereocenters. The van der Waals surface area contributed by atoms with Crippen molar-refractivity contribution in [3.8, 4) is 11.5 Å². The number of hydrogen-bond donors (Lipinski definition) is 1. The maximum absolute atomic E-state index is 12.7. The van der Waals surface area contributed by atoms with E-state index in [4.69, 9.17) is 21.1 Å². The van der Waals surface area contributed by atoms with Gasteiger partial charge in [-0.05, 0) is 62.4 Å². The number of rotatable bonds is 8. The van der Waals surface area contributed by atoms with Crippen molar-refractivity contribution in [1.82, 2.24) is 15.1 Å². The number of aromatic nitrogens is 2. The molecule has 0 aliphatic heterocycles. The van der Waals surface area contributed by atoms with Crippen LogP contribution in [0.1, 0.15) is 41.5 Å². The molecule has 3 rings (SSSR count). The van der Waals surface area contributed by atoms with Gasteiger partial charge in [0, 0.05) is 28.9 Å². The zero-order valence-electron chi connectivity index (χ0n) is 16.7. The Morgan fingerprint density at radius 1 is 1.21 bits per heavy atom. The number of benzene rings is 2. The molecule has 0 fully saturated rings. The number of hydrogen-bond acceptors (Lipinski definition) is 4. The molecular formula is C22H24ClN3O3. The Kier molecular flexibility index (Phi) is 6.77. The van der Waals surface area contributed by atoms with Gasteiger partial charge in [-0.15, -0.1) is 0 Å². The van der Waals surface area contributed by atoms with Crippen LogP contribution in [-0.2, 0) is 13.2 Å². The summed E-state index contributed by atoms with van der Waals surface area (Å²) >= 11 is 5.90. The van der Waals surface area contributed by atoms with Gasteiger partial charge in [0.1, 0.15) is 18.1 Å². The lowest BCUT2D eigenvalue weighted by atomic mass is 10.1. The lowest BCUT2D eigenvalue weighted by Crippen LogP contribution is -2.27. The van der Waals surface area contributed by atoms with Crippen molar-refractivity contribution in [2.75, 3.05) is 7.11 Å². The fraction of sp³-hybridized carbons (Fsp3) is 0.273. The highest BCUT2D eigenvalue weighted by Crippen LogP contribution is 2.23. The van der Waals surface area contributed by atoms with Crippen molar-refractivity contribution in [1.29, 1.82) is 0 Å². The van der Waals surface area contributed by atoms with Crippen molar-refractivity contribution in [3.63, 3.8) is 0 Å². The third kappa shape index (κ3) is 5.29. The maximum Gasteiger partial charge on any atom is 0.251 e. The Morgan fingerprint density at radius 2 is 1.97 bits per heavy atom. The number of halogens is 1. The molecule has 0 aliphatic rings. The van der Waals surface area contributed by atoms with Gasteiger partial charge < -0.3 is 14.8 Å². The predicted octanol–water partition coefficient (Wildman–Crippen LogP) is 4.64. The van der Waals surface area contributed by atoms with Crippen molar-refractivity contribution < 1.29 is 14.3 Å². The topological polar surface area (TPSA) is 65.4 Å². The summed E-state index contributed by atoms with van der Waals surface area (Å²) < 4.78 is 13.0. The largest absolute Gasteiger partial charge is 0.496 e. The van der Waals surface area contributed by atoms with Crippen LogP contribution in [0.25, 0.3) is 0 Å². The van der Waals surface area contributed by atoms with Crippen LogP contribution in [0.15, 0.2) is 54.7 Å². The Hall–Kier alpha value is -2.99. The first-order valence-electron chi connectivity index (χ1n) is 9.39. The van der Waals surface area contributed by atoms with E-state index in [1.54, 1.807) is 49.6 Å². The van der Waals surface area contributed by atoms with Crippen LogP contribution >= 0.6 is 11.6 Å². The summed E-state index contributed by atoms with van der Waals surface area (Å²) in [6, 6.07) is 14.1. The highest BCUT2D eigenvalue weighted by Gasteiger charge is 2.16. The second kappa shape index (κ2) is 9.47. The molecule has 1 heterocycles. The summed E-state index contributed by atoms with van der Waals surface area (Å²) in [6.45, 7) is 4.98. The fourth-order valence-corrected chi connectivity index (χ4v) is 2.99. The minimum Gasteiger partial charge on any atom is -0.496 e. The highest BCUT2D eigenvalue weighted by atomic mass is 35.5. The van der Waals surface area contributed by atoms with E-state index in [1.807, 2.05) is 30.8 Å². The molecule has 2 aromatic carbocycles. The van der Waals surface area contributed by atoms with E-state index in [1.165, 1.54) is 0 Å². The number of carbonyl (C=O) groups excluding carboxylic acids is 1. The second-order valence-electron chi connectivity index (χ2n) is 6.56. The molecule has 1 amide bonds. The van der Waals surface area contributed by atoms with Gasteiger partial charge in [-0.25, -0.2) is 0 Å². The number of amides is 1. The molecule has 1 N–H and O–H groups in total. The van der Waals surface area contributed by atoms with Crippen LogP contribution in [0.3, 0.4) is 0 Å². The minimum atomic E-state index is -0.203. The number of aryl methyl sites for hydroxylation is 1. The fourth-order valence-electron chi connectivity index (χ4n) is 2.86. The third-order valence-electron chi connectivity index (χ3n) is 4.53. The standard InChI is InChI=1S/C22H24ClN3O3/c1-4-26-12-11-20(25-26)15(2)24-22(27)16-5-10-21(28-3)17(13-16)14-29-19-8-6-18(23)7-9-19/h5-13,15H,4,14H2,1-3H3,(H,24,27). The van der Waals surface area contributed by atoms with E-state index >= 15 is 0 Å². The van der Waals surface area contributed by atoms with Crippen LogP contribution in [0.5, 0.6) is 11.5 Å². The predicted molar refractivity (Wildman–Crippen MR) is 113 cm³/mol. The molecule has 152 valence electrons. The minimum absolute atomic E-state index is 0.182. The molecule has 6 nitrogen and oxygen atoms in total. The quantitative estimate of drug-likeness (QED) is 0.584. The molecule has 0 bridgehead atoms. The average Bonchev–Trinajstić information content (AvgIpc) is 3.22. The highest BCUT2D eigenvalue weighted by molar-refractivity contribution is 6.30. The molecule has 29 heavy (non-hydrogen) atoms. The van der Waals surface area contributed by atoms with Gasteiger partial charge >= 0.3 is 0 Å². The maximum atomic E-state index is 12.7. The first kappa shape index (κ1) is 20.7. The van der Waals surface area contributed by atoms with Crippen molar-refractivity contribution >= 4 is 17.5 Å². The van der Waals surface area contributed by atoms with Crippen molar-refractivity contribution in [3.05, 3.63) is 76.6 Å². The first-order chi connectivity index (χ1) is 14.0. The average molecular weight is 414 g/mol. The van der Waals surface area contributed by atoms with Crippen LogP contribution in [0.4, 0.5) is 0 Å². The smallest absolute Gasteiger partial charge is 0.251 e. The van der Waals surface area contributed by atoms with Gasteiger partial charge in [0.25, 0.3) is 5.91 Å². The van der Waals surface area contributed by atoms with Crippen molar-refractivity contribution in [2.24, 2.45) is 0 Å². The Labute approximate surface area is 175 Å². The number of carbonyl (C=O) groups is 1. The monoisotopic (exact) mass is 413 g/mol. The van der Waals surface area contributed by atoms with Gasteiger partial charge in [0.2, 0.25) is 0 Å². The number of nitrogens with zero attached hydrogens (tertiary/aromatic N) is 2. The number of ether oxygens (including phenoxy) is 2.